The lowest BCUT2D eigenvalue weighted by Gasteiger charge is -2.07. The fourth-order valence-electron chi connectivity index (χ4n) is 3.60. The summed E-state index contributed by atoms with van der Waals surface area (Å²) in [5, 5.41) is 2.70. The van der Waals surface area contributed by atoms with Crippen molar-refractivity contribution in [1.29, 1.82) is 0 Å². The van der Waals surface area contributed by atoms with E-state index in [1.165, 1.54) is 0 Å². The van der Waals surface area contributed by atoms with Gasteiger partial charge in [0.1, 0.15) is 18.1 Å². The zero-order chi connectivity index (χ0) is 21.4. The lowest BCUT2D eigenvalue weighted by molar-refractivity contribution is -0.677. The SMILES string of the molecule is COc1ccc(-[n+]2[nH]oc(=O)c2Cn2c(-c3cccc(Br)c3)nc3ccccc32)cc1. The molecule has 0 aliphatic heterocycles. The van der Waals surface area contributed by atoms with Gasteiger partial charge in [-0.15, -0.1) is 0 Å². The van der Waals surface area contributed by atoms with Crippen molar-refractivity contribution in [3.05, 3.63) is 93.4 Å². The molecule has 2 heterocycles. The summed E-state index contributed by atoms with van der Waals surface area (Å²) in [6.07, 6.45) is 0. The first-order chi connectivity index (χ1) is 15.1. The minimum Gasteiger partial charge on any atom is -0.497 e. The van der Waals surface area contributed by atoms with Gasteiger partial charge in [0.25, 0.3) is 0 Å². The van der Waals surface area contributed by atoms with Gasteiger partial charge in [0.15, 0.2) is 0 Å². The Kier molecular flexibility index (Phi) is 4.91. The van der Waals surface area contributed by atoms with Gasteiger partial charge in [-0.1, -0.05) is 40.2 Å². The number of nitrogens with one attached hydrogen (secondary N) is 1. The molecule has 0 unspecified atom stereocenters. The second-order valence-electron chi connectivity index (χ2n) is 6.98. The van der Waals surface area contributed by atoms with Crippen LogP contribution < -0.4 is 15.0 Å². The number of imidazole rings is 1. The standard InChI is InChI=1S/C23H17BrN4O3/c1-30-18-11-9-17(10-12-18)28-21(23(29)31-26-28)14-27-20-8-3-2-7-19(20)25-22(27)15-5-4-6-16(24)13-15/h2-13H,14H2,1H3/p+1. The van der Waals surface area contributed by atoms with E-state index in [-0.39, 0.29) is 6.54 Å². The molecule has 1 N–H and O–H groups in total. The van der Waals surface area contributed by atoms with E-state index in [0.29, 0.717) is 5.69 Å². The van der Waals surface area contributed by atoms with Crippen molar-refractivity contribution in [3.63, 3.8) is 0 Å². The fourth-order valence-corrected chi connectivity index (χ4v) is 4.00. The van der Waals surface area contributed by atoms with Gasteiger partial charge in [0.05, 0.1) is 18.1 Å². The fraction of sp³-hybridized carbons (Fsp3) is 0.0870. The first kappa shape index (κ1) is 19.3. The number of fused-ring (bicyclic) bond motifs is 1. The van der Waals surface area contributed by atoms with Gasteiger partial charge in [-0.05, 0) is 46.4 Å². The van der Waals surface area contributed by atoms with Crippen LogP contribution in [0.15, 0.2) is 86.6 Å². The Bertz CT molecular complexity index is 1430. The third-order valence-electron chi connectivity index (χ3n) is 5.11. The molecule has 5 aromatic rings. The molecule has 154 valence electrons. The number of hydrogen-bond donors (Lipinski definition) is 1. The van der Waals surface area contributed by atoms with Gasteiger partial charge in [0.2, 0.25) is 5.69 Å². The smallest absolute Gasteiger partial charge is 0.432 e. The lowest BCUT2D eigenvalue weighted by atomic mass is 10.2. The number of benzene rings is 3. The largest absolute Gasteiger partial charge is 0.497 e. The minimum absolute atomic E-state index is 0.278. The molecule has 0 saturated carbocycles. The second-order valence-corrected chi connectivity index (χ2v) is 7.90. The highest BCUT2D eigenvalue weighted by molar-refractivity contribution is 9.10. The Balaban J connectivity index is 1.66. The van der Waals surface area contributed by atoms with E-state index < -0.39 is 5.63 Å². The molecule has 0 radical (unpaired) electrons. The predicted octanol–water partition coefficient (Wildman–Crippen LogP) is 4.08. The molecule has 2 aromatic heterocycles. The van der Waals surface area contributed by atoms with Crippen molar-refractivity contribution < 1.29 is 13.9 Å². The summed E-state index contributed by atoms with van der Waals surface area (Å²) in [4.78, 5) is 17.4. The first-order valence-electron chi connectivity index (χ1n) is 9.62. The average molecular weight is 478 g/mol. The highest BCUT2D eigenvalue weighted by atomic mass is 79.9. The lowest BCUT2D eigenvalue weighted by Crippen LogP contribution is -2.39. The summed E-state index contributed by atoms with van der Waals surface area (Å²) in [6.45, 7) is 0.278. The quantitative estimate of drug-likeness (QED) is 0.387. The van der Waals surface area contributed by atoms with Crippen LogP contribution in [0.2, 0.25) is 0 Å². The summed E-state index contributed by atoms with van der Waals surface area (Å²) in [6, 6.07) is 23.2. The normalized spacial score (nSPS) is 11.2. The van der Waals surface area contributed by atoms with E-state index in [0.717, 1.165) is 38.3 Å². The number of halogens is 1. The molecule has 8 heteroatoms. The number of H-pyrrole nitrogens is 1. The monoisotopic (exact) mass is 477 g/mol. The maximum Gasteiger partial charge on any atom is 0.432 e. The number of rotatable bonds is 5. The predicted molar refractivity (Wildman–Crippen MR) is 119 cm³/mol. The maximum absolute atomic E-state index is 12.6. The van der Waals surface area contributed by atoms with Crippen LogP contribution in [-0.4, -0.2) is 21.9 Å². The number of aromatic amines is 1. The van der Waals surface area contributed by atoms with Crippen LogP contribution in [0.3, 0.4) is 0 Å². The molecule has 0 bridgehead atoms. The van der Waals surface area contributed by atoms with E-state index in [1.807, 2.05) is 77.4 Å². The zero-order valence-corrected chi connectivity index (χ0v) is 18.2. The van der Waals surface area contributed by atoms with E-state index in [1.54, 1.807) is 11.8 Å². The highest BCUT2D eigenvalue weighted by Gasteiger charge is 2.26. The molecule has 0 atom stereocenters. The summed E-state index contributed by atoms with van der Waals surface area (Å²) in [7, 11) is 1.61. The van der Waals surface area contributed by atoms with Crippen LogP contribution in [0.25, 0.3) is 28.1 Å². The second kappa shape index (κ2) is 7.88. The molecule has 5 rings (SSSR count). The minimum atomic E-state index is -0.436. The van der Waals surface area contributed by atoms with E-state index in [4.69, 9.17) is 14.2 Å². The van der Waals surface area contributed by atoms with Crippen LogP contribution in [0.4, 0.5) is 0 Å². The van der Waals surface area contributed by atoms with E-state index >= 15 is 0 Å². The number of aromatic nitrogens is 4. The van der Waals surface area contributed by atoms with Crippen molar-refractivity contribution in [1.82, 2.24) is 14.8 Å². The summed E-state index contributed by atoms with van der Waals surface area (Å²) >= 11 is 3.53. The number of ether oxygens (including phenoxy) is 1. The Morgan fingerprint density at radius 3 is 2.68 bits per heavy atom. The Hall–Kier alpha value is -3.65. The molecular weight excluding hydrogens is 460 g/mol. The Labute approximate surface area is 185 Å². The third kappa shape index (κ3) is 3.55. The van der Waals surface area contributed by atoms with Crippen molar-refractivity contribution in [2.75, 3.05) is 7.11 Å². The number of para-hydroxylation sites is 2. The maximum atomic E-state index is 12.6. The van der Waals surface area contributed by atoms with E-state index in [9.17, 15) is 4.79 Å². The number of nitrogens with zero attached hydrogens (tertiary/aromatic N) is 3. The Morgan fingerprint density at radius 2 is 1.90 bits per heavy atom. The van der Waals surface area contributed by atoms with Crippen LogP contribution in [0.5, 0.6) is 5.75 Å². The van der Waals surface area contributed by atoms with Crippen LogP contribution in [0.1, 0.15) is 5.69 Å². The summed E-state index contributed by atoms with van der Waals surface area (Å²) in [5.74, 6) is 1.50. The molecule has 0 aliphatic rings. The van der Waals surface area contributed by atoms with Gasteiger partial charge >= 0.3 is 11.3 Å². The van der Waals surface area contributed by atoms with Gasteiger partial charge < -0.3 is 9.30 Å². The Morgan fingerprint density at radius 1 is 1.10 bits per heavy atom. The molecule has 0 aliphatic carbocycles. The molecule has 31 heavy (non-hydrogen) atoms. The van der Waals surface area contributed by atoms with Crippen LogP contribution in [0, 0.1) is 0 Å². The molecule has 7 nitrogen and oxygen atoms in total. The highest BCUT2D eigenvalue weighted by Crippen LogP contribution is 2.27. The number of hydrogen-bond acceptors (Lipinski definition) is 4. The van der Waals surface area contributed by atoms with Crippen molar-refractivity contribution >= 4 is 27.0 Å². The topological polar surface area (TPSA) is 76.9 Å². The number of methoxy groups -OCH3 is 1. The van der Waals surface area contributed by atoms with Gasteiger partial charge in [-0.3, -0.25) is 4.52 Å². The zero-order valence-electron chi connectivity index (χ0n) is 16.6. The van der Waals surface area contributed by atoms with Gasteiger partial charge in [-0.25, -0.2) is 9.78 Å². The average Bonchev–Trinajstić information content (AvgIpc) is 3.35. The van der Waals surface area contributed by atoms with Crippen LogP contribution >= 0.6 is 15.9 Å². The third-order valence-corrected chi connectivity index (χ3v) is 5.60. The van der Waals surface area contributed by atoms with E-state index in [2.05, 4.69) is 21.2 Å². The molecule has 0 saturated heterocycles. The van der Waals surface area contributed by atoms with Crippen LogP contribution in [-0.2, 0) is 6.54 Å². The molecule has 3 aromatic carbocycles. The van der Waals surface area contributed by atoms with Crippen molar-refractivity contribution in [2.45, 2.75) is 6.54 Å². The first-order valence-corrected chi connectivity index (χ1v) is 10.4. The van der Waals surface area contributed by atoms with Crippen molar-refractivity contribution in [2.24, 2.45) is 0 Å². The molecule has 0 fully saturated rings. The van der Waals surface area contributed by atoms with Gasteiger partial charge in [0, 0.05) is 22.2 Å². The summed E-state index contributed by atoms with van der Waals surface area (Å²) in [5.41, 5.74) is 3.50. The van der Waals surface area contributed by atoms with Gasteiger partial charge in [-0.2, -0.15) is 0 Å². The van der Waals surface area contributed by atoms with Crippen molar-refractivity contribution in [3.8, 4) is 22.8 Å². The molecular formula is C23H18BrN4O3+. The molecule has 0 spiro atoms. The molecule has 0 amide bonds. The summed E-state index contributed by atoms with van der Waals surface area (Å²) < 4.78 is 15.0.